The summed E-state index contributed by atoms with van der Waals surface area (Å²) in [5.74, 6) is -0.867. The summed E-state index contributed by atoms with van der Waals surface area (Å²) in [4.78, 5) is 27.5. The highest BCUT2D eigenvalue weighted by Crippen LogP contribution is 2.34. The van der Waals surface area contributed by atoms with E-state index in [4.69, 9.17) is 0 Å². The molecule has 1 spiro atoms. The Morgan fingerprint density at radius 3 is 2.63 bits per heavy atom. The Morgan fingerprint density at radius 1 is 1.03 bits per heavy atom. The Morgan fingerprint density at radius 2 is 1.83 bits per heavy atom. The van der Waals surface area contributed by atoms with Crippen LogP contribution in [0.3, 0.4) is 0 Å². The number of piperidine rings is 2. The topological polar surface area (TPSA) is 108 Å². The molecule has 1 aromatic carbocycles. The van der Waals surface area contributed by atoms with Gasteiger partial charge in [0.05, 0.1) is 5.41 Å². The van der Waals surface area contributed by atoms with Crippen molar-refractivity contribution in [1.82, 2.24) is 20.3 Å². The molecule has 2 saturated heterocycles. The molecule has 3 aliphatic heterocycles. The Balaban J connectivity index is 1.58. The minimum absolute atomic E-state index is 0.00545. The predicted molar refractivity (Wildman–Crippen MR) is 131 cm³/mol. The molecule has 4 rings (SSSR count). The molecule has 4 bridgehead atoms. The van der Waals surface area contributed by atoms with Crippen molar-refractivity contribution in [1.29, 1.82) is 0 Å². The fourth-order valence-electron chi connectivity index (χ4n) is 5.38. The van der Waals surface area contributed by atoms with E-state index in [1.54, 1.807) is 11.0 Å². The second-order valence-electron chi connectivity index (χ2n) is 9.84. The van der Waals surface area contributed by atoms with Crippen molar-refractivity contribution in [2.24, 2.45) is 11.3 Å². The Bertz CT molecular complexity index is 1070. The van der Waals surface area contributed by atoms with Gasteiger partial charge in [-0.15, -0.1) is 0 Å². The van der Waals surface area contributed by atoms with Crippen molar-refractivity contribution < 1.29 is 22.4 Å². The van der Waals surface area contributed by atoms with Crippen LogP contribution in [0.2, 0.25) is 0 Å². The quantitative estimate of drug-likeness (QED) is 0.468. The first kappa shape index (κ1) is 25.8. The molecule has 0 radical (unpaired) electrons. The first-order valence-electron chi connectivity index (χ1n) is 12.5. The van der Waals surface area contributed by atoms with Gasteiger partial charge in [0.2, 0.25) is 15.9 Å². The minimum atomic E-state index is -4.14. The molecular weight excluding hydrogens is 471 g/mol. The number of rotatable bonds is 0. The normalized spacial score (nSPS) is 26.8. The van der Waals surface area contributed by atoms with E-state index in [1.807, 2.05) is 6.08 Å². The molecule has 3 aliphatic rings. The maximum absolute atomic E-state index is 14.4. The first-order chi connectivity index (χ1) is 16.8. The number of amides is 2. The first-order valence-corrected chi connectivity index (χ1v) is 14.0. The highest BCUT2D eigenvalue weighted by molar-refractivity contribution is 7.89. The van der Waals surface area contributed by atoms with Crippen molar-refractivity contribution in [3.05, 3.63) is 41.7 Å². The number of carbonyl (C=O) groups excluding carboxylic acids is 2. The summed E-state index contributed by atoms with van der Waals surface area (Å²) in [6, 6.07) is 3.50. The monoisotopic (exact) mass is 506 g/mol. The summed E-state index contributed by atoms with van der Waals surface area (Å²) in [5.41, 5.74) is -0.281. The summed E-state index contributed by atoms with van der Waals surface area (Å²) in [6.07, 6.45) is 8.97. The van der Waals surface area contributed by atoms with Gasteiger partial charge in [-0.25, -0.2) is 17.5 Å². The molecule has 1 atom stereocenters. The van der Waals surface area contributed by atoms with E-state index in [1.165, 1.54) is 6.07 Å². The van der Waals surface area contributed by atoms with E-state index >= 15 is 0 Å². The minimum Gasteiger partial charge on any atom is -0.356 e. The van der Waals surface area contributed by atoms with E-state index in [9.17, 15) is 22.4 Å². The fourth-order valence-corrected chi connectivity index (χ4v) is 6.46. The van der Waals surface area contributed by atoms with Crippen molar-refractivity contribution in [3.63, 3.8) is 0 Å². The van der Waals surface area contributed by atoms with Gasteiger partial charge in [-0.05, 0) is 82.2 Å². The van der Waals surface area contributed by atoms with Crippen molar-refractivity contribution in [2.45, 2.75) is 49.8 Å². The lowest BCUT2D eigenvalue weighted by Gasteiger charge is -2.37. The molecule has 2 amide bonds. The molecule has 1 unspecified atom stereocenters. The Hall–Kier alpha value is -2.30. The van der Waals surface area contributed by atoms with Gasteiger partial charge in [0, 0.05) is 31.7 Å². The highest BCUT2D eigenvalue weighted by Gasteiger charge is 2.38. The van der Waals surface area contributed by atoms with Crippen LogP contribution in [-0.4, -0.2) is 64.4 Å². The maximum Gasteiger partial charge on any atom is 0.253 e. The van der Waals surface area contributed by atoms with Gasteiger partial charge in [0.25, 0.3) is 5.91 Å². The van der Waals surface area contributed by atoms with Crippen molar-refractivity contribution in [2.75, 3.05) is 39.3 Å². The van der Waals surface area contributed by atoms with Crippen LogP contribution in [0.4, 0.5) is 4.39 Å². The third-order valence-corrected chi connectivity index (χ3v) is 8.94. The van der Waals surface area contributed by atoms with Crippen molar-refractivity contribution in [3.8, 4) is 0 Å². The van der Waals surface area contributed by atoms with E-state index in [2.05, 4.69) is 15.4 Å². The van der Waals surface area contributed by atoms with Crippen LogP contribution in [0.1, 0.15) is 55.3 Å². The molecular formula is C25H35FN4O4S. The summed E-state index contributed by atoms with van der Waals surface area (Å²) in [5, 5.41) is 6.49. The zero-order valence-corrected chi connectivity index (χ0v) is 20.8. The standard InChI is InChI=1S/C25H35FN4O4S/c26-21-7-6-20-17-22(21)35(33,34)29-12-3-1-2-9-25(10-14-27-15-11-25)24(32)28-13-8-19-5-4-16-30(18-19)23(20)31/h1,3,6-7,17,19,27,29H,2,4-5,8-16,18H2,(H,28,32)/b3-1+. The molecule has 8 nitrogen and oxygen atoms in total. The molecule has 0 aromatic heterocycles. The molecule has 192 valence electrons. The van der Waals surface area contributed by atoms with E-state index in [0.717, 1.165) is 57.3 Å². The zero-order valence-electron chi connectivity index (χ0n) is 20.0. The number of hydrogen-bond donors (Lipinski definition) is 3. The van der Waals surface area contributed by atoms with Crippen LogP contribution in [0.5, 0.6) is 0 Å². The van der Waals surface area contributed by atoms with Gasteiger partial charge in [-0.2, -0.15) is 0 Å². The number of benzene rings is 1. The molecule has 35 heavy (non-hydrogen) atoms. The number of carbonyl (C=O) groups is 2. The number of fused-ring (bicyclic) bond motifs is 4. The van der Waals surface area contributed by atoms with Gasteiger partial charge in [0.15, 0.2) is 0 Å². The molecule has 3 heterocycles. The van der Waals surface area contributed by atoms with Crippen LogP contribution in [0.25, 0.3) is 0 Å². The molecule has 3 N–H and O–H groups in total. The number of hydrogen-bond acceptors (Lipinski definition) is 5. The molecule has 10 heteroatoms. The summed E-state index contributed by atoms with van der Waals surface area (Å²) >= 11 is 0. The van der Waals surface area contributed by atoms with E-state index in [0.29, 0.717) is 32.5 Å². The third-order valence-electron chi connectivity index (χ3n) is 7.50. The van der Waals surface area contributed by atoms with Gasteiger partial charge in [-0.3, -0.25) is 9.59 Å². The SMILES string of the molecule is O=C1c2ccc(F)c(c2)S(=O)(=O)NC/C=C/CCC2(CCNCC2)C(=O)NCCC2CCCN1C2. The molecule has 0 aliphatic carbocycles. The lowest BCUT2D eigenvalue weighted by Crippen LogP contribution is -2.48. The molecule has 0 saturated carbocycles. The van der Waals surface area contributed by atoms with Gasteiger partial charge in [-0.1, -0.05) is 12.2 Å². The van der Waals surface area contributed by atoms with Crippen LogP contribution in [-0.2, 0) is 14.8 Å². The smallest absolute Gasteiger partial charge is 0.253 e. The molecule has 1 aromatic rings. The maximum atomic E-state index is 14.4. The largest absolute Gasteiger partial charge is 0.356 e. The van der Waals surface area contributed by atoms with Crippen LogP contribution >= 0.6 is 0 Å². The van der Waals surface area contributed by atoms with Crippen LogP contribution in [0, 0.1) is 17.2 Å². The summed E-state index contributed by atoms with van der Waals surface area (Å²) < 4.78 is 42.4. The number of halogens is 1. The number of allylic oxidation sites excluding steroid dienone is 1. The van der Waals surface area contributed by atoms with Gasteiger partial charge >= 0.3 is 0 Å². The van der Waals surface area contributed by atoms with E-state index in [-0.39, 0.29) is 29.8 Å². The lowest BCUT2D eigenvalue weighted by atomic mass is 9.74. The third kappa shape index (κ3) is 6.10. The van der Waals surface area contributed by atoms with Crippen molar-refractivity contribution >= 4 is 21.8 Å². The Kier molecular flexibility index (Phi) is 8.23. The summed E-state index contributed by atoms with van der Waals surface area (Å²) in [6.45, 7) is 3.25. The van der Waals surface area contributed by atoms with Gasteiger partial charge in [0.1, 0.15) is 10.7 Å². The zero-order chi connectivity index (χ0) is 24.9. The molecule has 2 fully saturated rings. The number of nitrogens with one attached hydrogen (secondary N) is 3. The number of nitrogens with zero attached hydrogens (tertiary/aromatic N) is 1. The second-order valence-corrected chi connectivity index (χ2v) is 11.6. The number of sulfonamides is 1. The average Bonchev–Trinajstić information content (AvgIpc) is 2.86. The average molecular weight is 507 g/mol. The lowest BCUT2D eigenvalue weighted by molar-refractivity contribution is -0.133. The summed E-state index contributed by atoms with van der Waals surface area (Å²) in [7, 11) is -4.14. The van der Waals surface area contributed by atoms with Crippen LogP contribution < -0.4 is 15.4 Å². The highest BCUT2D eigenvalue weighted by atomic mass is 32.2. The van der Waals surface area contributed by atoms with Crippen LogP contribution in [0.15, 0.2) is 35.2 Å². The van der Waals surface area contributed by atoms with Gasteiger partial charge < -0.3 is 15.5 Å². The van der Waals surface area contributed by atoms with E-state index < -0.39 is 26.2 Å². The fraction of sp³-hybridized carbons (Fsp3) is 0.600. The Labute approximate surface area is 206 Å². The second kappa shape index (κ2) is 11.2. The predicted octanol–water partition coefficient (Wildman–Crippen LogP) is 2.18.